The van der Waals surface area contributed by atoms with E-state index in [1.54, 1.807) is 23.1 Å². The summed E-state index contributed by atoms with van der Waals surface area (Å²) in [4.78, 5) is 41.1. The second kappa shape index (κ2) is 9.86. The molecule has 0 radical (unpaired) electrons. The number of primary amides is 1. The Balaban J connectivity index is 1.24. The molecule has 5 rings (SSSR count). The van der Waals surface area contributed by atoms with Crippen molar-refractivity contribution >= 4 is 34.4 Å². The number of hydrogen-bond donors (Lipinski definition) is 2. The van der Waals surface area contributed by atoms with E-state index in [9.17, 15) is 23.2 Å². The average molecular weight is 508 g/mol. The maximum absolute atomic E-state index is 14.1. The highest BCUT2D eigenvalue weighted by Crippen LogP contribution is 2.33. The maximum atomic E-state index is 14.1. The van der Waals surface area contributed by atoms with Crippen molar-refractivity contribution in [1.82, 2.24) is 9.80 Å². The molecule has 1 fully saturated rings. The minimum absolute atomic E-state index is 0.0148. The molecule has 0 saturated carbocycles. The van der Waals surface area contributed by atoms with Crippen LogP contribution in [-0.4, -0.2) is 53.7 Å². The summed E-state index contributed by atoms with van der Waals surface area (Å²) in [5, 5.41) is 2.27. The summed E-state index contributed by atoms with van der Waals surface area (Å²) >= 11 is 0. The Morgan fingerprint density at radius 2 is 1.68 bits per heavy atom. The first-order valence-electron chi connectivity index (χ1n) is 11.5. The third-order valence-corrected chi connectivity index (χ3v) is 6.12. The number of rotatable bonds is 6. The first-order valence-corrected chi connectivity index (χ1v) is 11.5. The van der Waals surface area contributed by atoms with Crippen molar-refractivity contribution in [3.05, 3.63) is 89.1 Å². The summed E-state index contributed by atoms with van der Waals surface area (Å²) < 4.78 is 38.7. The lowest BCUT2D eigenvalue weighted by molar-refractivity contribution is 0.0618. The van der Waals surface area contributed by atoms with Crippen LogP contribution in [0.25, 0.3) is 11.0 Å². The number of furan rings is 2. The molecule has 0 bridgehead atoms. The molecule has 11 heteroatoms. The first kappa shape index (κ1) is 24.2. The highest BCUT2D eigenvalue weighted by Gasteiger charge is 2.26. The molecule has 3 heterocycles. The van der Waals surface area contributed by atoms with Crippen LogP contribution in [0.2, 0.25) is 0 Å². The van der Waals surface area contributed by atoms with E-state index >= 15 is 0 Å². The van der Waals surface area contributed by atoms with E-state index in [2.05, 4.69) is 10.2 Å². The van der Waals surface area contributed by atoms with Gasteiger partial charge in [-0.1, -0.05) is 18.2 Å². The standard InChI is InChI=1S/C26H22F2N4O5/c27-16-12-18-21(23(24(29)33)37-22(18)19(28)13-16)30-25(34)20-7-6-17(36-20)14-31-8-10-32(11-9-31)26(35)15-4-2-1-3-5-15/h1-7,12-13H,8-11,14H2,(H2,29,33)(H,30,34). The Morgan fingerprint density at radius 3 is 2.38 bits per heavy atom. The number of piperazine rings is 1. The normalized spacial score (nSPS) is 14.2. The molecule has 0 atom stereocenters. The van der Waals surface area contributed by atoms with Gasteiger partial charge >= 0.3 is 0 Å². The van der Waals surface area contributed by atoms with E-state index in [-0.39, 0.29) is 22.7 Å². The van der Waals surface area contributed by atoms with E-state index in [1.165, 1.54) is 6.07 Å². The van der Waals surface area contributed by atoms with Crippen LogP contribution >= 0.6 is 0 Å². The van der Waals surface area contributed by atoms with Crippen LogP contribution in [0.1, 0.15) is 37.2 Å². The van der Waals surface area contributed by atoms with Gasteiger partial charge in [-0.3, -0.25) is 19.3 Å². The molecule has 4 aromatic rings. The van der Waals surface area contributed by atoms with Crippen molar-refractivity contribution in [2.45, 2.75) is 6.54 Å². The van der Waals surface area contributed by atoms with E-state index in [4.69, 9.17) is 14.6 Å². The summed E-state index contributed by atoms with van der Waals surface area (Å²) in [5.74, 6) is -3.85. The van der Waals surface area contributed by atoms with Crippen LogP contribution < -0.4 is 11.1 Å². The van der Waals surface area contributed by atoms with Gasteiger partial charge in [-0.25, -0.2) is 8.78 Å². The second-order valence-electron chi connectivity index (χ2n) is 8.59. The van der Waals surface area contributed by atoms with Crippen molar-refractivity contribution in [2.75, 3.05) is 31.5 Å². The van der Waals surface area contributed by atoms with Crippen LogP contribution in [0.5, 0.6) is 0 Å². The van der Waals surface area contributed by atoms with E-state index in [0.717, 1.165) is 6.07 Å². The number of anilines is 1. The lowest BCUT2D eigenvalue weighted by Gasteiger charge is -2.34. The van der Waals surface area contributed by atoms with Crippen LogP contribution in [0.4, 0.5) is 14.5 Å². The van der Waals surface area contributed by atoms with Gasteiger partial charge in [-0.15, -0.1) is 0 Å². The molecular weight excluding hydrogens is 486 g/mol. The average Bonchev–Trinajstić information content (AvgIpc) is 3.50. The summed E-state index contributed by atoms with van der Waals surface area (Å²) in [5.41, 5.74) is 5.29. The van der Waals surface area contributed by atoms with E-state index in [1.807, 2.05) is 18.2 Å². The predicted molar refractivity (Wildman–Crippen MR) is 129 cm³/mol. The topological polar surface area (TPSA) is 122 Å². The summed E-state index contributed by atoms with van der Waals surface area (Å²) in [6.45, 7) is 2.77. The fourth-order valence-electron chi connectivity index (χ4n) is 4.28. The van der Waals surface area contributed by atoms with Gasteiger partial charge in [0.1, 0.15) is 17.3 Å². The molecule has 9 nitrogen and oxygen atoms in total. The smallest absolute Gasteiger partial charge is 0.291 e. The zero-order valence-electron chi connectivity index (χ0n) is 19.5. The number of fused-ring (bicyclic) bond motifs is 1. The highest BCUT2D eigenvalue weighted by atomic mass is 19.1. The molecule has 37 heavy (non-hydrogen) atoms. The third-order valence-electron chi connectivity index (χ3n) is 6.12. The highest BCUT2D eigenvalue weighted by molar-refractivity contribution is 6.13. The fourth-order valence-corrected chi connectivity index (χ4v) is 4.28. The Bertz CT molecular complexity index is 1490. The van der Waals surface area contributed by atoms with Gasteiger partial charge in [0.15, 0.2) is 17.2 Å². The quantitative estimate of drug-likeness (QED) is 0.410. The van der Waals surface area contributed by atoms with Gasteiger partial charge in [0.05, 0.1) is 11.9 Å². The molecule has 1 saturated heterocycles. The lowest BCUT2D eigenvalue weighted by Crippen LogP contribution is -2.48. The van der Waals surface area contributed by atoms with Gasteiger partial charge in [0, 0.05) is 37.8 Å². The number of carbonyl (C=O) groups is 3. The molecule has 2 aromatic heterocycles. The van der Waals surface area contributed by atoms with Crippen LogP contribution in [-0.2, 0) is 6.54 Å². The van der Waals surface area contributed by atoms with Crippen molar-refractivity contribution in [2.24, 2.45) is 5.73 Å². The number of nitrogens with two attached hydrogens (primary N) is 1. The molecule has 2 aromatic carbocycles. The molecule has 3 N–H and O–H groups in total. The van der Waals surface area contributed by atoms with E-state index < -0.39 is 34.8 Å². The third kappa shape index (κ3) is 4.94. The molecule has 0 aliphatic carbocycles. The lowest BCUT2D eigenvalue weighted by atomic mass is 10.2. The summed E-state index contributed by atoms with van der Waals surface area (Å²) in [6, 6.07) is 13.7. The number of amides is 3. The van der Waals surface area contributed by atoms with E-state index in [0.29, 0.717) is 50.1 Å². The van der Waals surface area contributed by atoms with Crippen molar-refractivity contribution in [1.29, 1.82) is 0 Å². The Morgan fingerprint density at radius 1 is 0.946 bits per heavy atom. The number of nitrogens with one attached hydrogen (secondary N) is 1. The minimum atomic E-state index is -1.06. The molecule has 0 spiro atoms. The monoisotopic (exact) mass is 508 g/mol. The number of hydrogen-bond acceptors (Lipinski definition) is 6. The van der Waals surface area contributed by atoms with Crippen molar-refractivity contribution < 1.29 is 32.0 Å². The zero-order valence-corrected chi connectivity index (χ0v) is 19.5. The van der Waals surface area contributed by atoms with Crippen molar-refractivity contribution in [3.63, 3.8) is 0 Å². The Labute approximate surface area is 209 Å². The van der Waals surface area contributed by atoms with Gasteiger partial charge in [-0.05, 0) is 30.3 Å². The zero-order chi connectivity index (χ0) is 26.1. The van der Waals surface area contributed by atoms with Gasteiger partial charge < -0.3 is 24.8 Å². The van der Waals surface area contributed by atoms with Gasteiger partial charge in [0.2, 0.25) is 5.76 Å². The minimum Gasteiger partial charge on any atom is -0.455 e. The summed E-state index contributed by atoms with van der Waals surface area (Å²) in [7, 11) is 0. The Kier molecular flexibility index (Phi) is 6.45. The molecule has 1 aliphatic heterocycles. The van der Waals surface area contributed by atoms with Gasteiger partial charge in [0.25, 0.3) is 17.7 Å². The van der Waals surface area contributed by atoms with Crippen molar-refractivity contribution in [3.8, 4) is 0 Å². The molecular formula is C26H22F2N4O5. The first-order chi connectivity index (χ1) is 17.8. The van der Waals surface area contributed by atoms with Crippen LogP contribution in [0.3, 0.4) is 0 Å². The second-order valence-corrected chi connectivity index (χ2v) is 8.59. The molecule has 1 aliphatic rings. The molecule has 190 valence electrons. The fraction of sp³-hybridized carbons (Fsp3) is 0.192. The van der Waals surface area contributed by atoms with Gasteiger partial charge in [-0.2, -0.15) is 0 Å². The summed E-state index contributed by atoms with van der Waals surface area (Å²) in [6.07, 6.45) is 0. The SMILES string of the molecule is NC(=O)c1oc2c(F)cc(F)cc2c1NC(=O)c1ccc(CN2CCN(C(=O)c3ccccc3)CC2)o1. The number of nitrogens with zero attached hydrogens (tertiary/aromatic N) is 2. The van der Waals surface area contributed by atoms with Crippen LogP contribution in [0, 0.1) is 11.6 Å². The predicted octanol–water partition coefficient (Wildman–Crippen LogP) is 3.61. The number of benzene rings is 2. The number of carbonyl (C=O) groups excluding carboxylic acids is 3. The maximum Gasteiger partial charge on any atom is 0.291 e. The molecule has 3 amide bonds. The van der Waals surface area contributed by atoms with Crippen LogP contribution in [0.15, 0.2) is 63.4 Å². The Hall–Kier alpha value is -4.51. The largest absolute Gasteiger partial charge is 0.455 e. The molecule has 0 unspecified atom stereocenters. The number of halogens is 2.